The predicted molar refractivity (Wildman–Crippen MR) is 86.5 cm³/mol. The summed E-state index contributed by atoms with van der Waals surface area (Å²) in [5.74, 6) is 1.70. The Hall–Kier alpha value is -1.52. The van der Waals surface area contributed by atoms with E-state index in [0.717, 1.165) is 30.9 Å². The van der Waals surface area contributed by atoms with Crippen molar-refractivity contribution in [1.82, 2.24) is 5.32 Å². The summed E-state index contributed by atoms with van der Waals surface area (Å²) in [4.78, 5) is 0. The van der Waals surface area contributed by atoms with Gasteiger partial charge in [-0.3, -0.25) is 0 Å². The van der Waals surface area contributed by atoms with Crippen LogP contribution in [0, 0.1) is 0 Å². The minimum Gasteiger partial charge on any atom is -0.486 e. The fourth-order valence-electron chi connectivity index (χ4n) is 2.67. The van der Waals surface area contributed by atoms with E-state index in [1.807, 2.05) is 24.3 Å². The summed E-state index contributed by atoms with van der Waals surface area (Å²) >= 11 is 1.75. The highest BCUT2D eigenvalue weighted by Gasteiger charge is 2.28. The number of fused-ring (bicyclic) bond motifs is 1. The molecule has 2 heterocycles. The number of nitrogens with one attached hydrogen (secondary N) is 1. The van der Waals surface area contributed by atoms with Crippen LogP contribution in [0.2, 0.25) is 0 Å². The van der Waals surface area contributed by atoms with Crippen molar-refractivity contribution in [3.63, 3.8) is 0 Å². The zero-order chi connectivity index (χ0) is 14.5. The first-order valence-corrected chi connectivity index (χ1v) is 8.44. The van der Waals surface area contributed by atoms with Gasteiger partial charge in [0.05, 0.1) is 0 Å². The van der Waals surface area contributed by atoms with Crippen LogP contribution in [0.4, 0.5) is 0 Å². The van der Waals surface area contributed by atoms with Crippen molar-refractivity contribution in [2.24, 2.45) is 0 Å². The highest BCUT2D eigenvalue weighted by molar-refractivity contribution is 7.07. The van der Waals surface area contributed by atoms with E-state index in [9.17, 15) is 0 Å². The standard InChI is InChI=1S/C17H21NO2S/c1-2-18-14(8-7-13-9-10-21-12-13)17-11-19-15-5-3-4-6-16(15)20-17/h3-6,9-10,12,14,17-18H,2,7-8,11H2,1H3. The molecule has 2 atom stereocenters. The summed E-state index contributed by atoms with van der Waals surface area (Å²) in [7, 11) is 0. The van der Waals surface area contributed by atoms with Gasteiger partial charge in [-0.25, -0.2) is 0 Å². The molecule has 21 heavy (non-hydrogen) atoms. The molecular formula is C17H21NO2S. The molecule has 1 aliphatic rings. The molecule has 0 saturated carbocycles. The number of aryl methyl sites for hydroxylation is 1. The van der Waals surface area contributed by atoms with Gasteiger partial charge in [0.25, 0.3) is 0 Å². The van der Waals surface area contributed by atoms with Gasteiger partial charge in [-0.15, -0.1) is 0 Å². The first kappa shape index (κ1) is 14.4. The third-order valence-electron chi connectivity index (χ3n) is 3.77. The van der Waals surface area contributed by atoms with E-state index in [1.165, 1.54) is 5.56 Å². The van der Waals surface area contributed by atoms with E-state index >= 15 is 0 Å². The first-order chi connectivity index (χ1) is 10.4. The lowest BCUT2D eigenvalue weighted by Gasteiger charge is -2.32. The Kier molecular flexibility index (Phi) is 4.78. The van der Waals surface area contributed by atoms with Gasteiger partial charge in [0.15, 0.2) is 11.5 Å². The Bertz CT molecular complexity index is 556. The van der Waals surface area contributed by atoms with Gasteiger partial charge in [-0.2, -0.15) is 11.3 Å². The number of rotatable bonds is 6. The maximum absolute atomic E-state index is 6.13. The van der Waals surface area contributed by atoms with Crippen molar-refractivity contribution in [2.45, 2.75) is 31.9 Å². The van der Waals surface area contributed by atoms with Crippen LogP contribution in [0.1, 0.15) is 18.9 Å². The van der Waals surface area contributed by atoms with Gasteiger partial charge in [-0.1, -0.05) is 19.1 Å². The minimum atomic E-state index is 0.0680. The number of para-hydroxylation sites is 2. The lowest BCUT2D eigenvalue weighted by atomic mass is 10.0. The van der Waals surface area contributed by atoms with E-state index in [-0.39, 0.29) is 6.10 Å². The number of hydrogen-bond donors (Lipinski definition) is 1. The number of benzene rings is 1. The Morgan fingerprint density at radius 1 is 1.29 bits per heavy atom. The molecule has 0 amide bonds. The van der Waals surface area contributed by atoms with Gasteiger partial charge in [-0.05, 0) is 53.9 Å². The van der Waals surface area contributed by atoms with Crippen LogP contribution in [-0.4, -0.2) is 25.3 Å². The zero-order valence-corrected chi connectivity index (χ0v) is 13.1. The average Bonchev–Trinajstić information content (AvgIpc) is 3.04. The monoisotopic (exact) mass is 303 g/mol. The lowest BCUT2D eigenvalue weighted by Crippen LogP contribution is -2.48. The predicted octanol–water partition coefficient (Wildman–Crippen LogP) is 3.50. The van der Waals surface area contributed by atoms with Crippen LogP contribution in [0.3, 0.4) is 0 Å². The Morgan fingerprint density at radius 2 is 2.14 bits per heavy atom. The largest absolute Gasteiger partial charge is 0.486 e. The molecule has 0 saturated heterocycles. The fourth-order valence-corrected chi connectivity index (χ4v) is 3.38. The van der Waals surface area contributed by atoms with E-state index in [1.54, 1.807) is 11.3 Å². The van der Waals surface area contributed by atoms with E-state index in [4.69, 9.17) is 9.47 Å². The van der Waals surface area contributed by atoms with Crippen molar-refractivity contribution in [3.8, 4) is 11.5 Å². The molecule has 0 aliphatic carbocycles. The number of likely N-dealkylation sites (N-methyl/N-ethyl adjacent to an activating group) is 1. The fraction of sp³-hybridized carbons (Fsp3) is 0.412. The third-order valence-corrected chi connectivity index (χ3v) is 4.50. The molecule has 112 valence electrons. The normalized spacial score (nSPS) is 18.4. The van der Waals surface area contributed by atoms with Crippen molar-refractivity contribution in [1.29, 1.82) is 0 Å². The Labute approximate surface area is 129 Å². The second kappa shape index (κ2) is 6.96. The lowest BCUT2D eigenvalue weighted by molar-refractivity contribution is 0.0600. The molecule has 1 aliphatic heterocycles. The van der Waals surface area contributed by atoms with Gasteiger partial charge < -0.3 is 14.8 Å². The van der Waals surface area contributed by atoms with Crippen molar-refractivity contribution in [2.75, 3.05) is 13.2 Å². The second-order valence-electron chi connectivity index (χ2n) is 5.25. The zero-order valence-electron chi connectivity index (χ0n) is 12.2. The molecule has 1 aromatic carbocycles. The van der Waals surface area contributed by atoms with Crippen LogP contribution in [0.5, 0.6) is 11.5 Å². The molecule has 0 radical (unpaired) electrons. The first-order valence-electron chi connectivity index (χ1n) is 7.49. The molecule has 2 unspecified atom stereocenters. The molecule has 0 spiro atoms. The van der Waals surface area contributed by atoms with Crippen molar-refractivity contribution >= 4 is 11.3 Å². The summed E-state index contributed by atoms with van der Waals surface area (Å²) in [6.07, 6.45) is 2.20. The van der Waals surface area contributed by atoms with Crippen LogP contribution >= 0.6 is 11.3 Å². The van der Waals surface area contributed by atoms with E-state index in [0.29, 0.717) is 12.6 Å². The topological polar surface area (TPSA) is 30.5 Å². The average molecular weight is 303 g/mol. The quantitative estimate of drug-likeness (QED) is 0.886. The molecule has 1 N–H and O–H groups in total. The molecule has 0 fully saturated rings. The van der Waals surface area contributed by atoms with E-state index in [2.05, 4.69) is 29.1 Å². The molecule has 3 rings (SSSR count). The summed E-state index contributed by atoms with van der Waals surface area (Å²) in [5.41, 5.74) is 1.40. The van der Waals surface area contributed by atoms with Gasteiger partial charge >= 0.3 is 0 Å². The minimum absolute atomic E-state index is 0.0680. The Balaban J connectivity index is 1.64. The van der Waals surface area contributed by atoms with Crippen molar-refractivity contribution < 1.29 is 9.47 Å². The third kappa shape index (κ3) is 3.57. The van der Waals surface area contributed by atoms with Gasteiger partial charge in [0.1, 0.15) is 12.7 Å². The molecule has 3 nitrogen and oxygen atoms in total. The van der Waals surface area contributed by atoms with Crippen LogP contribution < -0.4 is 14.8 Å². The van der Waals surface area contributed by atoms with E-state index < -0.39 is 0 Å². The molecule has 2 aromatic rings. The number of hydrogen-bond acceptors (Lipinski definition) is 4. The Morgan fingerprint density at radius 3 is 2.90 bits per heavy atom. The van der Waals surface area contributed by atoms with Crippen LogP contribution in [0.25, 0.3) is 0 Å². The molecule has 1 aromatic heterocycles. The van der Waals surface area contributed by atoms with Crippen LogP contribution in [0.15, 0.2) is 41.1 Å². The summed E-state index contributed by atoms with van der Waals surface area (Å²) in [6, 6.07) is 10.4. The van der Waals surface area contributed by atoms with Gasteiger partial charge in [0.2, 0.25) is 0 Å². The number of thiophene rings is 1. The SMILES string of the molecule is CCNC(CCc1ccsc1)C1COc2ccccc2O1. The maximum atomic E-state index is 6.13. The highest BCUT2D eigenvalue weighted by atomic mass is 32.1. The summed E-state index contributed by atoms with van der Waals surface area (Å²) < 4.78 is 12.0. The van der Waals surface area contributed by atoms with Crippen LogP contribution in [-0.2, 0) is 6.42 Å². The van der Waals surface area contributed by atoms with Gasteiger partial charge in [0, 0.05) is 6.04 Å². The highest BCUT2D eigenvalue weighted by Crippen LogP contribution is 2.32. The number of ether oxygens (including phenoxy) is 2. The second-order valence-corrected chi connectivity index (χ2v) is 6.03. The molecular weight excluding hydrogens is 282 g/mol. The van der Waals surface area contributed by atoms with Crippen molar-refractivity contribution in [3.05, 3.63) is 46.7 Å². The summed E-state index contributed by atoms with van der Waals surface area (Å²) in [5, 5.41) is 7.90. The summed E-state index contributed by atoms with van der Waals surface area (Å²) in [6.45, 7) is 3.68. The smallest absolute Gasteiger partial charge is 0.161 e. The molecule has 4 heteroatoms. The maximum Gasteiger partial charge on any atom is 0.161 e. The molecule has 0 bridgehead atoms.